The minimum absolute atomic E-state index is 0.131. The summed E-state index contributed by atoms with van der Waals surface area (Å²) in [5.41, 5.74) is 8.64. The maximum absolute atomic E-state index is 12.0. The van der Waals surface area contributed by atoms with Gasteiger partial charge in [-0.05, 0) is 12.5 Å². The van der Waals surface area contributed by atoms with Crippen molar-refractivity contribution in [3.63, 3.8) is 0 Å². The molecule has 1 heterocycles. The summed E-state index contributed by atoms with van der Waals surface area (Å²) in [6, 6.07) is 7.48. The topological polar surface area (TPSA) is 72.9 Å². The number of aryl methyl sites for hydroxylation is 2. The molecular formula is C14H16N4OS. The number of aromatic nitrogens is 2. The van der Waals surface area contributed by atoms with Gasteiger partial charge in [0.1, 0.15) is 4.99 Å². The number of nitrogens with zero attached hydrogens (tertiary/aromatic N) is 2. The zero-order valence-electron chi connectivity index (χ0n) is 11.4. The quantitative estimate of drug-likeness (QED) is 0.832. The van der Waals surface area contributed by atoms with Crippen molar-refractivity contribution in [2.45, 2.75) is 13.5 Å². The number of nitrogens with one attached hydrogen (secondary N) is 1. The highest BCUT2D eigenvalue weighted by Gasteiger charge is 2.11. The van der Waals surface area contributed by atoms with Gasteiger partial charge in [-0.2, -0.15) is 5.10 Å². The molecule has 0 bridgehead atoms. The van der Waals surface area contributed by atoms with Crippen molar-refractivity contribution in [1.29, 1.82) is 0 Å². The molecule has 20 heavy (non-hydrogen) atoms. The van der Waals surface area contributed by atoms with E-state index in [1.165, 1.54) is 0 Å². The lowest BCUT2D eigenvalue weighted by molar-refractivity contribution is 0.0950. The summed E-state index contributed by atoms with van der Waals surface area (Å²) in [5, 5.41) is 7.01. The largest absolute Gasteiger partial charge is 0.389 e. The molecule has 6 heteroatoms. The molecule has 1 aromatic carbocycles. The summed E-state index contributed by atoms with van der Waals surface area (Å²) < 4.78 is 1.63. The molecule has 0 spiro atoms. The number of thiocarbonyl (C=S) groups is 1. The van der Waals surface area contributed by atoms with E-state index in [0.717, 1.165) is 11.1 Å². The lowest BCUT2D eigenvalue weighted by Crippen LogP contribution is -2.23. The average Bonchev–Trinajstić information content (AvgIpc) is 2.75. The Kier molecular flexibility index (Phi) is 4.14. The first kappa shape index (κ1) is 14.2. The molecule has 1 amide bonds. The Balaban J connectivity index is 2.00. The Morgan fingerprint density at radius 3 is 2.55 bits per heavy atom. The van der Waals surface area contributed by atoms with Crippen LogP contribution in [0.25, 0.3) is 0 Å². The van der Waals surface area contributed by atoms with Gasteiger partial charge in [-0.1, -0.05) is 36.5 Å². The SMILES string of the molecule is Cc1nn(C)cc1C(=O)NCc1ccc(C(N)=S)cc1. The number of rotatable bonds is 4. The van der Waals surface area contributed by atoms with E-state index < -0.39 is 0 Å². The Labute approximate surface area is 122 Å². The number of amides is 1. The fourth-order valence-corrected chi connectivity index (χ4v) is 2.02. The third-order valence-corrected chi connectivity index (χ3v) is 3.19. The van der Waals surface area contributed by atoms with Gasteiger partial charge in [-0.25, -0.2) is 0 Å². The van der Waals surface area contributed by atoms with Crippen LogP contribution in [0, 0.1) is 6.92 Å². The zero-order chi connectivity index (χ0) is 14.7. The van der Waals surface area contributed by atoms with E-state index in [9.17, 15) is 4.79 Å². The van der Waals surface area contributed by atoms with Crippen LogP contribution in [-0.4, -0.2) is 20.7 Å². The summed E-state index contributed by atoms with van der Waals surface area (Å²) in [5.74, 6) is -0.131. The first-order valence-corrected chi connectivity index (χ1v) is 6.55. The maximum atomic E-state index is 12.0. The Morgan fingerprint density at radius 1 is 1.40 bits per heavy atom. The van der Waals surface area contributed by atoms with Crippen LogP contribution in [0.1, 0.15) is 27.2 Å². The van der Waals surface area contributed by atoms with Gasteiger partial charge in [0.2, 0.25) is 0 Å². The van der Waals surface area contributed by atoms with Crippen molar-refractivity contribution in [3.05, 3.63) is 52.8 Å². The standard InChI is InChI=1S/C14H16N4OS/c1-9-12(8-18(2)17-9)14(19)16-7-10-3-5-11(6-4-10)13(15)20/h3-6,8H,7H2,1-2H3,(H2,15,20)(H,16,19). The fourth-order valence-electron chi connectivity index (χ4n) is 1.89. The van der Waals surface area contributed by atoms with Crippen molar-refractivity contribution in [3.8, 4) is 0 Å². The first-order chi connectivity index (χ1) is 9.47. The summed E-state index contributed by atoms with van der Waals surface area (Å²) in [6.45, 7) is 2.26. The molecule has 0 aliphatic rings. The van der Waals surface area contributed by atoms with Crippen LogP contribution in [0.5, 0.6) is 0 Å². The molecule has 0 radical (unpaired) electrons. The van der Waals surface area contributed by atoms with E-state index in [2.05, 4.69) is 10.4 Å². The van der Waals surface area contributed by atoms with Gasteiger partial charge in [-0.3, -0.25) is 9.48 Å². The van der Waals surface area contributed by atoms with Crippen molar-refractivity contribution in [2.24, 2.45) is 12.8 Å². The number of hydrogen-bond acceptors (Lipinski definition) is 3. The highest BCUT2D eigenvalue weighted by Crippen LogP contribution is 2.07. The van der Waals surface area contributed by atoms with Crippen LogP contribution in [-0.2, 0) is 13.6 Å². The van der Waals surface area contributed by atoms with Gasteiger partial charge < -0.3 is 11.1 Å². The van der Waals surface area contributed by atoms with Gasteiger partial charge in [0.05, 0.1) is 11.3 Å². The lowest BCUT2D eigenvalue weighted by atomic mass is 10.1. The molecule has 0 saturated heterocycles. The highest BCUT2D eigenvalue weighted by molar-refractivity contribution is 7.80. The number of carbonyl (C=O) groups is 1. The zero-order valence-corrected chi connectivity index (χ0v) is 12.2. The molecule has 0 atom stereocenters. The van der Waals surface area contributed by atoms with Crippen LogP contribution in [0.4, 0.5) is 0 Å². The molecule has 0 aliphatic carbocycles. The van der Waals surface area contributed by atoms with Crippen LogP contribution < -0.4 is 11.1 Å². The van der Waals surface area contributed by atoms with E-state index in [1.807, 2.05) is 31.2 Å². The van der Waals surface area contributed by atoms with Crippen LogP contribution >= 0.6 is 12.2 Å². The molecule has 3 N–H and O–H groups in total. The second-order valence-corrected chi connectivity index (χ2v) is 4.99. The highest BCUT2D eigenvalue weighted by atomic mass is 32.1. The van der Waals surface area contributed by atoms with E-state index in [0.29, 0.717) is 22.8 Å². The van der Waals surface area contributed by atoms with E-state index in [4.69, 9.17) is 18.0 Å². The second kappa shape index (κ2) is 5.83. The minimum atomic E-state index is -0.131. The monoisotopic (exact) mass is 288 g/mol. The number of carbonyl (C=O) groups excluding carboxylic acids is 1. The van der Waals surface area contributed by atoms with Crippen molar-refractivity contribution in [2.75, 3.05) is 0 Å². The van der Waals surface area contributed by atoms with Gasteiger partial charge in [-0.15, -0.1) is 0 Å². The van der Waals surface area contributed by atoms with Crippen molar-refractivity contribution < 1.29 is 4.79 Å². The smallest absolute Gasteiger partial charge is 0.255 e. The third kappa shape index (κ3) is 3.21. The molecule has 5 nitrogen and oxygen atoms in total. The van der Waals surface area contributed by atoms with E-state index in [-0.39, 0.29) is 5.91 Å². The summed E-state index contributed by atoms with van der Waals surface area (Å²) in [7, 11) is 1.79. The maximum Gasteiger partial charge on any atom is 0.255 e. The summed E-state index contributed by atoms with van der Waals surface area (Å²) in [6.07, 6.45) is 1.71. The van der Waals surface area contributed by atoms with Crippen LogP contribution in [0.2, 0.25) is 0 Å². The van der Waals surface area contributed by atoms with Gasteiger partial charge >= 0.3 is 0 Å². The summed E-state index contributed by atoms with van der Waals surface area (Å²) >= 11 is 4.89. The van der Waals surface area contributed by atoms with Crippen LogP contribution in [0.3, 0.4) is 0 Å². The molecule has 0 saturated carbocycles. The predicted octanol–water partition coefficient (Wildman–Crippen LogP) is 1.29. The molecular weight excluding hydrogens is 272 g/mol. The predicted molar refractivity (Wildman–Crippen MR) is 81.4 cm³/mol. The minimum Gasteiger partial charge on any atom is -0.389 e. The second-order valence-electron chi connectivity index (χ2n) is 4.55. The number of benzene rings is 1. The molecule has 0 aliphatic heterocycles. The fraction of sp³-hybridized carbons (Fsp3) is 0.214. The first-order valence-electron chi connectivity index (χ1n) is 6.14. The van der Waals surface area contributed by atoms with Crippen LogP contribution in [0.15, 0.2) is 30.5 Å². The normalized spacial score (nSPS) is 10.3. The molecule has 1 aromatic heterocycles. The Morgan fingerprint density at radius 2 is 2.05 bits per heavy atom. The lowest BCUT2D eigenvalue weighted by Gasteiger charge is -2.05. The molecule has 0 fully saturated rings. The third-order valence-electron chi connectivity index (χ3n) is 2.95. The van der Waals surface area contributed by atoms with Crippen molar-refractivity contribution in [1.82, 2.24) is 15.1 Å². The van der Waals surface area contributed by atoms with Gasteiger partial charge in [0, 0.05) is 25.4 Å². The van der Waals surface area contributed by atoms with E-state index in [1.54, 1.807) is 17.9 Å². The summed E-state index contributed by atoms with van der Waals surface area (Å²) in [4.78, 5) is 12.4. The average molecular weight is 288 g/mol. The molecule has 2 rings (SSSR count). The van der Waals surface area contributed by atoms with E-state index >= 15 is 0 Å². The number of nitrogens with two attached hydrogens (primary N) is 1. The molecule has 0 unspecified atom stereocenters. The Bertz CT molecular complexity index is 646. The number of hydrogen-bond donors (Lipinski definition) is 2. The molecule has 104 valence electrons. The van der Waals surface area contributed by atoms with Gasteiger partial charge in [0.15, 0.2) is 0 Å². The molecule has 2 aromatic rings. The van der Waals surface area contributed by atoms with Crippen molar-refractivity contribution >= 4 is 23.1 Å². The Hall–Kier alpha value is -2.21. The van der Waals surface area contributed by atoms with Gasteiger partial charge in [0.25, 0.3) is 5.91 Å².